The SMILES string of the molecule is CC(=O)CCn1c(CCN)nc2cc(C(F)(F)F)ccc21. The molecule has 0 aliphatic heterocycles. The number of Topliss-reactive ketones (excluding diaryl/α,β-unsaturated/α-hetero) is 1. The van der Waals surface area contributed by atoms with Crippen LogP contribution >= 0.6 is 0 Å². The van der Waals surface area contributed by atoms with Crippen molar-refractivity contribution in [2.75, 3.05) is 6.54 Å². The van der Waals surface area contributed by atoms with Gasteiger partial charge in [0.1, 0.15) is 11.6 Å². The Hall–Kier alpha value is -1.89. The fraction of sp³-hybridized carbons (Fsp3) is 0.429. The number of alkyl halides is 3. The van der Waals surface area contributed by atoms with Gasteiger partial charge in [-0.25, -0.2) is 4.98 Å². The van der Waals surface area contributed by atoms with Crippen LogP contribution in [-0.2, 0) is 23.9 Å². The zero-order chi connectivity index (χ0) is 15.6. The van der Waals surface area contributed by atoms with Gasteiger partial charge in [-0.1, -0.05) is 0 Å². The Kier molecular flexibility index (Phi) is 4.32. The van der Waals surface area contributed by atoms with Gasteiger partial charge in [0.2, 0.25) is 0 Å². The van der Waals surface area contributed by atoms with Crippen molar-refractivity contribution in [2.45, 2.75) is 32.5 Å². The molecule has 0 radical (unpaired) electrons. The van der Waals surface area contributed by atoms with Crippen LogP contribution < -0.4 is 5.73 Å². The minimum atomic E-state index is -4.40. The lowest BCUT2D eigenvalue weighted by atomic mass is 10.2. The first kappa shape index (κ1) is 15.5. The Morgan fingerprint density at radius 1 is 1.38 bits per heavy atom. The molecule has 0 saturated carbocycles. The standard InChI is InChI=1S/C14H16F3N3O/c1-9(21)5-7-20-12-3-2-10(14(15,16)17)8-11(12)19-13(20)4-6-18/h2-3,8H,4-7,18H2,1H3. The molecule has 0 spiro atoms. The van der Waals surface area contributed by atoms with Gasteiger partial charge in [-0.2, -0.15) is 13.2 Å². The molecule has 0 atom stereocenters. The van der Waals surface area contributed by atoms with Gasteiger partial charge in [0.05, 0.1) is 16.6 Å². The average molecular weight is 299 g/mol. The summed E-state index contributed by atoms with van der Waals surface area (Å²) in [6, 6.07) is 3.45. The molecule has 1 heterocycles. The van der Waals surface area contributed by atoms with Crippen LogP contribution in [0.1, 0.15) is 24.7 Å². The van der Waals surface area contributed by atoms with Gasteiger partial charge in [-0.15, -0.1) is 0 Å². The van der Waals surface area contributed by atoms with Gasteiger partial charge in [0, 0.05) is 19.4 Å². The first-order valence-electron chi connectivity index (χ1n) is 6.59. The summed E-state index contributed by atoms with van der Waals surface area (Å²) in [5.74, 6) is 0.621. The number of rotatable bonds is 5. The van der Waals surface area contributed by atoms with Gasteiger partial charge < -0.3 is 10.3 Å². The van der Waals surface area contributed by atoms with E-state index in [1.54, 1.807) is 4.57 Å². The molecule has 7 heteroatoms. The fourth-order valence-electron chi connectivity index (χ4n) is 2.19. The third-order valence-corrected chi connectivity index (χ3v) is 3.21. The molecule has 0 aliphatic rings. The maximum atomic E-state index is 12.7. The van der Waals surface area contributed by atoms with Crippen LogP contribution in [0.15, 0.2) is 18.2 Å². The molecule has 2 aromatic rings. The first-order chi connectivity index (χ1) is 9.82. The number of ketones is 1. The second kappa shape index (κ2) is 5.85. The number of hydrogen-bond donors (Lipinski definition) is 1. The van der Waals surface area contributed by atoms with Crippen LogP contribution in [0.4, 0.5) is 13.2 Å². The Morgan fingerprint density at radius 2 is 2.10 bits per heavy atom. The zero-order valence-corrected chi connectivity index (χ0v) is 11.6. The molecule has 1 aromatic carbocycles. The highest BCUT2D eigenvalue weighted by Gasteiger charge is 2.31. The number of carbonyl (C=O) groups excluding carboxylic acids is 1. The predicted molar refractivity (Wildman–Crippen MR) is 72.8 cm³/mol. The van der Waals surface area contributed by atoms with Crippen molar-refractivity contribution in [3.8, 4) is 0 Å². The quantitative estimate of drug-likeness (QED) is 0.923. The molecule has 21 heavy (non-hydrogen) atoms. The number of fused-ring (bicyclic) bond motifs is 1. The molecular formula is C14H16F3N3O. The molecule has 114 valence electrons. The number of aromatic nitrogens is 2. The summed E-state index contributed by atoms with van der Waals surface area (Å²) in [4.78, 5) is 15.3. The van der Waals surface area contributed by atoms with Gasteiger partial charge in [-0.3, -0.25) is 4.79 Å². The van der Waals surface area contributed by atoms with E-state index in [1.165, 1.54) is 13.0 Å². The molecule has 0 amide bonds. The van der Waals surface area contributed by atoms with Gasteiger partial charge >= 0.3 is 6.18 Å². The van der Waals surface area contributed by atoms with Crippen molar-refractivity contribution in [3.63, 3.8) is 0 Å². The van der Waals surface area contributed by atoms with E-state index in [1.807, 2.05) is 0 Å². The van der Waals surface area contributed by atoms with E-state index in [2.05, 4.69) is 4.98 Å². The molecular weight excluding hydrogens is 283 g/mol. The van der Waals surface area contributed by atoms with E-state index in [4.69, 9.17) is 5.73 Å². The topological polar surface area (TPSA) is 60.9 Å². The average Bonchev–Trinajstić information content (AvgIpc) is 2.72. The number of nitrogens with zero attached hydrogens (tertiary/aromatic N) is 2. The molecule has 0 fully saturated rings. The lowest BCUT2D eigenvalue weighted by molar-refractivity contribution is -0.137. The molecule has 2 rings (SSSR count). The third kappa shape index (κ3) is 3.41. The van der Waals surface area contributed by atoms with E-state index in [0.29, 0.717) is 37.3 Å². The van der Waals surface area contributed by atoms with Crippen molar-refractivity contribution in [3.05, 3.63) is 29.6 Å². The number of carbonyl (C=O) groups is 1. The number of imidazole rings is 1. The maximum absolute atomic E-state index is 12.7. The first-order valence-corrected chi connectivity index (χ1v) is 6.59. The number of aryl methyl sites for hydroxylation is 1. The normalized spacial score (nSPS) is 12.0. The summed E-state index contributed by atoms with van der Waals surface area (Å²) >= 11 is 0. The van der Waals surface area contributed by atoms with E-state index in [0.717, 1.165) is 12.1 Å². The van der Waals surface area contributed by atoms with Crippen molar-refractivity contribution in [1.29, 1.82) is 0 Å². The van der Waals surface area contributed by atoms with Crippen molar-refractivity contribution >= 4 is 16.8 Å². The largest absolute Gasteiger partial charge is 0.416 e. The second-order valence-corrected chi connectivity index (χ2v) is 4.87. The lowest BCUT2D eigenvalue weighted by Crippen LogP contribution is -2.11. The van der Waals surface area contributed by atoms with Crippen LogP contribution in [0.2, 0.25) is 0 Å². The van der Waals surface area contributed by atoms with Crippen LogP contribution in [-0.4, -0.2) is 21.9 Å². The van der Waals surface area contributed by atoms with Gasteiger partial charge in [-0.05, 0) is 31.7 Å². The maximum Gasteiger partial charge on any atom is 0.416 e. The third-order valence-electron chi connectivity index (χ3n) is 3.21. The molecule has 4 nitrogen and oxygen atoms in total. The van der Waals surface area contributed by atoms with Crippen molar-refractivity contribution in [1.82, 2.24) is 9.55 Å². The zero-order valence-electron chi connectivity index (χ0n) is 11.6. The summed E-state index contributed by atoms with van der Waals surface area (Å²) < 4.78 is 39.9. The number of halogens is 3. The molecule has 0 unspecified atom stereocenters. The Morgan fingerprint density at radius 3 is 2.67 bits per heavy atom. The smallest absolute Gasteiger partial charge is 0.330 e. The minimum absolute atomic E-state index is 0.0162. The summed E-state index contributed by atoms with van der Waals surface area (Å²) in [6.07, 6.45) is -3.64. The molecule has 1 aromatic heterocycles. The van der Waals surface area contributed by atoms with Crippen LogP contribution in [0.25, 0.3) is 11.0 Å². The Bertz CT molecular complexity index is 661. The Balaban J connectivity index is 2.49. The van der Waals surface area contributed by atoms with E-state index >= 15 is 0 Å². The van der Waals surface area contributed by atoms with E-state index in [9.17, 15) is 18.0 Å². The molecule has 2 N–H and O–H groups in total. The van der Waals surface area contributed by atoms with Crippen molar-refractivity contribution in [2.24, 2.45) is 5.73 Å². The minimum Gasteiger partial charge on any atom is -0.330 e. The predicted octanol–water partition coefficient (Wildman–Crippen LogP) is 2.54. The van der Waals surface area contributed by atoms with Crippen LogP contribution in [0.5, 0.6) is 0 Å². The summed E-state index contributed by atoms with van der Waals surface area (Å²) in [6.45, 7) is 2.21. The highest BCUT2D eigenvalue weighted by molar-refractivity contribution is 5.78. The number of nitrogens with two attached hydrogens (primary N) is 1. The van der Waals surface area contributed by atoms with E-state index in [-0.39, 0.29) is 11.3 Å². The lowest BCUT2D eigenvalue weighted by Gasteiger charge is -2.08. The van der Waals surface area contributed by atoms with Crippen molar-refractivity contribution < 1.29 is 18.0 Å². The number of benzene rings is 1. The second-order valence-electron chi connectivity index (χ2n) is 4.87. The Labute approximate surface area is 119 Å². The highest BCUT2D eigenvalue weighted by atomic mass is 19.4. The fourth-order valence-corrected chi connectivity index (χ4v) is 2.19. The van der Waals surface area contributed by atoms with Crippen LogP contribution in [0.3, 0.4) is 0 Å². The van der Waals surface area contributed by atoms with Gasteiger partial charge in [0.15, 0.2) is 0 Å². The molecule has 0 saturated heterocycles. The summed E-state index contributed by atoms with van der Waals surface area (Å²) in [7, 11) is 0. The molecule has 0 bridgehead atoms. The highest BCUT2D eigenvalue weighted by Crippen LogP contribution is 2.31. The summed E-state index contributed by atoms with van der Waals surface area (Å²) in [5, 5.41) is 0. The summed E-state index contributed by atoms with van der Waals surface area (Å²) in [5.41, 5.74) is 5.64. The van der Waals surface area contributed by atoms with Crippen LogP contribution in [0, 0.1) is 0 Å². The van der Waals surface area contributed by atoms with Gasteiger partial charge in [0.25, 0.3) is 0 Å². The monoisotopic (exact) mass is 299 g/mol. The molecule has 0 aliphatic carbocycles. The van der Waals surface area contributed by atoms with E-state index < -0.39 is 11.7 Å². The number of hydrogen-bond acceptors (Lipinski definition) is 3.